The lowest BCUT2D eigenvalue weighted by Gasteiger charge is -2.25. The average molecular weight is 358 g/mol. The van der Waals surface area contributed by atoms with Gasteiger partial charge in [0.2, 0.25) is 0 Å². The summed E-state index contributed by atoms with van der Waals surface area (Å²) in [6, 6.07) is 2.82. The Morgan fingerprint density at radius 3 is 3.04 bits per heavy atom. The van der Waals surface area contributed by atoms with E-state index < -0.39 is 15.9 Å². The summed E-state index contributed by atoms with van der Waals surface area (Å²) in [4.78, 5) is 43.9. The molecule has 0 radical (unpaired) electrons. The fourth-order valence-corrected chi connectivity index (χ4v) is 4.50. The van der Waals surface area contributed by atoms with E-state index in [4.69, 9.17) is 4.74 Å². The lowest BCUT2D eigenvalue weighted by molar-refractivity contribution is -0.384. The second-order valence-corrected chi connectivity index (χ2v) is 6.96. The van der Waals surface area contributed by atoms with Gasteiger partial charge in [0.25, 0.3) is 11.2 Å². The van der Waals surface area contributed by atoms with Crippen molar-refractivity contribution < 1.29 is 14.5 Å². The lowest BCUT2D eigenvalue weighted by atomic mass is 9.81. The minimum Gasteiger partial charge on any atom is -0.469 e. The van der Waals surface area contributed by atoms with Crippen LogP contribution in [-0.4, -0.2) is 41.1 Å². The number of hydrogen-bond acceptors (Lipinski definition) is 7. The van der Waals surface area contributed by atoms with Gasteiger partial charge >= 0.3 is 5.97 Å². The molecule has 9 heteroatoms. The van der Waals surface area contributed by atoms with Crippen LogP contribution in [-0.2, 0) is 9.53 Å². The van der Waals surface area contributed by atoms with E-state index in [-0.39, 0.29) is 23.0 Å². The Morgan fingerprint density at radius 2 is 2.31 bits per heavy atom. The van der Waals surface area contributed by atoms with Gasteiger partial charge in [-0.1, -0.05) is 6.42 Å². The van der Waals surface area contributed by atoms with Gasteiger partial charge in [-0.3, -0.25) is 19.7 Å². The molecule has 2 aromatic rings. The summed E-state index contributed by atoms with van der Waals surface area (Å²) < 4.78 is 5.03. The summed E-state index contributed by atoms with van der Waals surface area (Å²) >= 11 is 0. The number of aromatic nitrogens is 2. The number of rotatable bonds is 3. The molecule has 9 nitrogen and oxygen atoms in total. The summed E-state index contributed by atoms with van der Waals surface area (Å²) in [7, 11) is 1.38. The minimum absolute atomic E-state index is 0.109. The molecule has 2 unspecified atom stereocenters. The van der Waals surface area contributed by atoms with Crippen LogP contribution in [0.2, 0.25) is 0 Å². The van der Waals surface area contributed by atoms with E-state index in [2.05, 4.69) is 9.97 Å². The first-order valence-electron chi connectivity index (χ1n) is 8.45. The Balaban J connectivity index is 1.82. The van der Waals surface area contributed by atoms with Crippen LogP contribution < -0.4 is 10.5 Å². The second kappa shape index (κ2) is 5.79. The van der Waals surface area contributed by atoms with Gasteiger partial charge in [-0.05, 0) is 24.8 Å². The smallest absolute Gasteiger partial charge is 0.313 e. The largest absolute Gasteiger partial charge is 0.469 e. The van der Waals surface area contributed by atoms with Crippen molar-refractivity contribution >= 4 is 28.2 Å². The molecule has 0 spiro atoms. The third-order valence-electron chi connectivity index (χ3n) is 5.74. The van der Waals surface area contributed by atoms with Gasteiger partial charge in [0.15, 0.2) is 0 Å². The maximum Gasteiger partial charge on any atom is 0.313 e. The molecule has 0 amide bonds. The van der Waals surface area contributed by atoms with Crippen LogP contribution in [0.5, 0.6) is 0 Å². The molecule has 1 aliphatic carbocycles. The second-order valence-electron chi connectivity index (χ2n) is 6.96. The maximum atomic E-state index is 12.4. The number of nitro benzene ring substituents is 1. The normalized spacial score (nSPS) is 24.7. The molecule has 1 aromatic heterocycles. The monoisotopic (exact) mass is 358 g/mol. The number of carbonyl (C=O) groups excluding carboxylic acids is 1. The van der Waals surface area contributed by atoms with Gasteiger partial charge in [-0.2, -0.15) is 0 Å². The number of fused-ring (bicyclic) bond motifs is 2. The van der Waals surface area contributed by atoms with Crippen molar-refractivity contribution in [2.24, 2.45) is 11.3 Å². The van der Waals surface area contributed by atoms with E-state index in [0.29, 0.717) is 24.3 Å². The number of H-pyrrole nitrogens is 1. The van der Waals surface area contributed by atoms with Gasteiger partial charge in [-0.25, -0.2) is 4.98 Å². The third-order valence-corrected chi connectivity index (χ3v) is 5.74. The molecule has 26 heavy (non-hydrogen) atoms. The fourth-order valence-electron chi connectivity index (χ4n) is 4.50. The average Bonchev–Trinajstić information content (AvgIpc) is 3.18. The summed E-state index contributed by atoms with van der Waals surface area (Å²) in [6.45, 7) is 0.921. The van der Waals surface area contributed by atoms with Gasteiger partial charge in [0, 0.05) is 19.2 Å². The van der Waals surface area contributed by atoms with E-state index >= 15 is 0 Å². The van der Waals surface area contributed by atoms with Crippen molar-refractivity contribution in [1.82, 2.24) is 9.97 Å². The molecule has 1 saturated carbocycles. The highest BCUT2D eigenvalue weighted by Gasteiger charge is 2.56. The predicted molar refractivity (Wildman–Crippen MR) is 93.0 cm³/mol. The molecular formula is C17H18N4O5. The van der Waals surface area contributed by atoms with Crippen LogP contribution >= 0.6 is 0 Å². The Morgan fingerprint density at radius 1 is 1.50 bits per heavy atom. The first-order valence-corrected chi connectivity index (χ1v) is 8.45. The highest BCUT2D eigenvalue weighted by atomic mass is 16.6. The van der Waals surface area contributed by atoms with Crippen molar-refractivity contribution in [1.29, 1.82) is 0 Å². The van der Waals surface area contributed by atoms with E-state index in [1.807, 2.05) is 4.90 Å². The SMILES string of the molecule is COC(=O)C12CCCC1CN(c1cc3nc[nH]c(=O)c3cc1[N+](=O)[O-])C2. The molecular weight excluding hydrogens is 340 g/mol. The predicted octanol–water partition coefficient (Wildman–Crippen LogP) is 1.61. The molecule has 0 bridgehead atoms. The van der Waals surface area contributed by atoms with Gasteiger partial charge in [0.05, 0.1) is 34.7 Å². The number of benzene rings is 1. The van der Waals surface area contributed by atoms with Crippen molar-refractivity contribution in [3.8, 4) is 0 Å². The fraction of sp³-hybridized carbons (Fsp3) is 0.471. The number of nitrogens with zero attached hydrogens (tertiary/aromatic N) is 3. The molecule has 2 fully saturated rings. The molecule has 2 aliphatic rings. The number of esters is 1. The number of anilines is 1. The van der Waals surface area contributed by atoms with E-state index in [1.54, 1.807) is 6.07 Å². The zero-order chi connectivity index (χ0) is 18.5. The number of hydrogen-bond donors (Lipinski definition) is 1. The number of aromatic amines is 1. The number of nitrogens with one attached hydrogen (secondary N) is 1. The van der Waals surface area contributed by atoms with Gasteiger partial charge < -0.3 is 14.6 Å². The van der Waals surface area contributed by atoms with Crippen LogP contribution in [0.15, 0.2) is 23.3 Å². The van der Waals surface area contributed by atoms with Crippen molar-refractivity contribution in [2.45, 2.75) is 19.3 Å². The van der Waals surface area contributed by atoms with Crippen molar-refractivity contribution in [2.75, 3.05) is 25.1 Å². The van der Waals surface area contributed by atoms with Crippen LogP contribution in [0.3, 0.4) is 0 Å². The van der Waals surface area contributed by atoms with E-state index in [0.717, 1.165) is 19.3 Å². The summed E-state index contributed by atoms with van der Waals surface area (Å²) in [6.07, 6.45) is 3.84. The number of nitro groups is 1. The van der Waals surface area contributed by atoms with Gasteiger partial charge in [0.1, 0.15) is 5.69 Å². The zero-order valence-electron chi connectivity index (χ0n) is 14.2. The number of ether oxygens (including phenoxy) is 1. The molecule has 1 aliphatic heterocycles. The minimum atomic E-state index is -0.612. The Hall–Kier alpha value is -2.97. The van der Waals surface area contributed by atoms with Crippen LogP contribution in [0.4, 0.5) is 11.4 Å². The molecule has 2 atom stereocenters. The van der Waals surface area contributed by atoms with Crippen molar-refractivity contribution in [3.63, 3.8) is 0 Å². The molecule has 4 rings (SSSR count). The molecule has 1 saturated heterocycles. The summed E-state index contributed by atoms with van der Waals surface area (Å²) in [5, 5.41) is 11.8. The van der Waals surface area contributed by atoms with E-state index in [1.165, 1.54) is 19.5 Å². The number of carbonyl (C=O) groups is 1. The zero-order valence-corrected chi connectivity index (χ0v) is 14.2. The molecule has 136 valence electrons. The Kier molecular flexibility index (Phi) is 3.67. The summed E-state index contributed by atoms with van der Waals surface area (Å²) in [5.74, 6) is -0.141. The first kappa shape index (κ1) is 16.5. The molecule has 1 N–H and O–H groups in total. The maximum absolute atomic E-state index is 12.4. The third kappa shape index (κ3) is 2.27. The molecule has 2 heterocycles. The van der Waals surface area contributed by atoms with Crippen LogP contribution in [0, 0.1) is 21.4 Å². The number of methoxy groups -OCH3 is 1. The highest BCUT2D eigenvalue weighted by molar-refractivity contribution is 5.88. The summed E-state index contributed by atoms with van der Waals surface area (Å²) in [5.41, 5.74) is -0.416. The van der Waals surface area contributed by atoms with Gasteiger partial charge in [-0.15, -0.1) is 0 Å². The molecule has 1 aromatic carbocycles. The Labute approximate surface area is 148 Å². The highest BCUT2D eigenvalue weighted by Crippen LogP contribution is 2.51. The van der Waals surface area contributed by atoms with Crippen LogP contribution in [0.25, 0.3) is 10.9 Å². The topological polar surface area (TPSA) is 118 Å². The first-order chi connectivity index (χ1) is 12.5. The van der Waals surface area contributed by atoms with Crippen molar-refractivity contribution in [3.05, 3.63) is 38.9 Å². The quantitative estimate of drug-likeness (QED) is 0.503. The van der Waals surface area contributed by atoms with Crippen LogP contribution in [0.1, 0.15) is 19.3 Å². The van der Waals surface area contributed by atoms with E-state index in [9.17, 15) is 19.7 Å². The lowest BCUT2D eigenvalue weighted by Crippen LogP contribution is -2.37. The standard InChI is InChI=1S/C17H18N4O5/c1-26-16(23)17-4-2-3-10(17)7-20(8-17)13-6-12-11(5-14(13)21(24)25)15(22)19-9-18-12/h5-6,9-10H,2-4,7-8H2,1H3,(H,18,19,22). The Bertz CT molecular complexity index is 971.